The summed E-state index contributed by atoms with van der Waals surface area (Å²) in [6.07, 6.45) is 7.85. The van der Waals surface area contributed by atoms with Crippen LogP contribution in [0.3, 0.4) is 0 Å². The van der Waals surface area contributed by atoms with Gasteiger partial charge in [0, 0.05) is 17.6 Å². The SMILES string of the molecule is CC1CCCN(C2CCc3cc(-c4ccc(C5CC5)c(Cl)c4)ccc32)C1.O=CO. The minimum Gasteiger partial charge on any atom is -0.483 e. The number of hydrogen-bond donors (Lipinski definition) is 1. The highest BCUT2D eigenvalue weighted by atomic mass is 35.5. The van der Waals surface area contributed by atoms with E-state index in [4.69, 9.17) is 21.5 Å². The molecule has 1 N–H and O–H groups in total. The summed E-state index contributed by atoms with van der Waals surface area (Å²) < 4.78 is 0. The van der Waals surface area contributed by atoms with Crippen LogP contribution < -0.4 is 0 Å². The van der Waals surface area contributed by atoms with Crippen molar-refractivity contribution in [3.05, 3.63) is 58.1 Å². The minimum atomic E-state index is -0.250. The fraction of sp³-hybridized carbons (Fsp3) is 0.480. The van der Waals surface area contributed by atoms with Crippen LogP contribution in [0.4, 0.5) is 0 Å². The van der Waals surface area contributed by atoms with Crippen LogP contribution >= 0.6 is 11.6 Å². The standard InChI is InChI=1S/C24H28ClN.CH2O2/c1-16-3-2-12-26(15-16)24-11-8-20-13-18(7-10-22(20)24)19-6-9-21(17-4-5-17)23(25)14-19;2-1-3/h6-7,9-10,13-14,16-17,24H,2-5,8,11-12,15H2,1H3;1H,(H,2,3). The Kier molecular flexibility index (Phi) is 6.26. The highest BCUT2D eigenvalue weighted by Gasteiger charge is 2.30. The van der Waals surface area contributed by atoms with E-state index in [-0.39, 0.29) is 6.47 Å². The normalized spacial score (nSPS) is 23.8. The lowest BCUT2D eigenvalue weighted by Crippen LogP contribution is -2.36. The van der Waals surface area contributed by atoms with Crippen molar-refractivity contribution in [2.45, 2.75) is 57.4 Å². The number of rotatable bonds is 3. The number of piperidine rings is 1. The van der Waals surface area contributed by atoms with Gasteiger partial charge in [-0.15, -0.1) is 0 Å². The molecule has 2 aliphatic carbocycles. The maximum atomic E-state index is 8.36. The summed E-state index contributed by atoms with van der Waals surface area (Å²) in [6.45, 7) is 4.69. The third kappa shape index (κ3) is 4.51. The van der Waals surface area contributed by atoms with E-state index in [1.54, 1.807) is 11.1 Å². The fourth-order valence-corrected chi connectivity index (χ4v) is 5.43. The number of nitrogens with zero attached hydrogens (tertiary/aromatic N) is 1. The zero-order chi connectivity index (χ0) is 20.4. The second kappa shape index (κ2) is 8.89. The number of carboxylic acid groups (broad SMARTS) is 1. The highest BCUT2D eigenvalue weighted by Crippen LogP contribution is 2.44. The summed E-state index contributed by atoms with van der Waals surface area (Å²) in [4.78, 5) is 11.1. The molecule has 154 valence electrons. The molecular formula is C25H30ClNO2. The molecule has 3 nitrogen and oxygen atoms in total. The van der Waals surface area contributed by atoms with Gasteiger partial charge in [-0.05, 0) is 90.8 Å². The predicted molar refractivity (Wildman–Crippen MR) is 119 cm³/mol. The summed E-state index contributed by atoms with van der Waals surface area (Å²) in [6, 6.07) is 14.5. The first kappa shape index (κ1) is 20.4. The van der Waals surface area contributed by atoms with Crippen molar-refractivity contribution in [3.8, 4) is 11.1 Å². The molecule has 29 heavy (non-hydrogen) atoms. The third-order valence-corrected chi connectivity index (χ3v) is 7.00. The molecule has 1 aliphatic heterocycles. The second-order valence-corrected chi connectivity index (χ2v) is 9.23. The summed E-state index contributed by atoms with van der Waals surface area (Å²) >= 11 is 6.56. The largest absolute Gasteiger partial charge is 0.483 e. The summed E-state index contributed by atoms with van der Waals surface area (Å²) in [5.41, 5.74) is 7.05. The van der Waals surface area contributed by atoms with Crippen molar-refractivity contribution in [1.29, 1.82) is 0 Å². The van der Waals surface area contributed by atoms with Gasteiger partial charge in [0.15, 0.2) is 0 Å². The molecule has 2 atom stereocenters. The van der Waals surface area contributed by atoms with Gasteiger partial charge in [0.25, 0.3) is 6.47 Å². The number of fused-ring (bicyclic) bond motifs is 1. The molecule has 1 saturated carbocycles. The van der Waals surface area contributed by atoms with Gasteiger partial charge in [-0.1, -0.05) is 48.9 Å². The third-order valence-electron chi connectivity index (χ3n) is 6.67. The van der Waals surface area contributed by atoms with E-state index in [2.05, 4.69) is 48.2 Å². The number of benzene rings is 2. The van der Waals surface area contributed by atoms with Crippen LogP contribution in [-0.2, 0) is 11.2 Å². The summed E-state index contributed by atoms with van der Waals surface area (Å²) in [7, 11) is 0. The predicted octanol–water partition coefficient (Wildman–Crippen LogP) is 6.30. The topological polar surface area (TPSA) is 40.5 Å². The lowest BCUT2D eigenvalue weighted by molar-refractivity contribution is -0.122. The number of hydrogen-bond acceptors (Lipinski definition) is 2. The maximum absolute atomic E-state index is 8.36. The molecule has 2 unspecified atom stereocenters. The Labute approximate surface area is 178 Å². The molecule has 0 aromatic heterocycles. The molecular weight excluding hydrogens is 382 g/mol. The number of carbonyl (C=O) groups is 1. The number of aryl methyl sites for hydroxylation is 1. The van der Waals surface area contributed by atoms with Crippen molar-refractivity contribution in [2.24, 2.45) is 5.92 Å². The molecule has 0 bridgehead atoms. The molecule has 2 aromatic carbocycles. The van der Waals surface area contributed by atoms with Crippen molar-refractivity contribution in [2.75, 3.05) is 13.1 Å². The van der Waals surface area contributed by atoms with Crippen LogP contribution in [-0.4, -0.2) is 29.6 Å². The zero-order valence-corrected chi connectivity index (χ0v) is 17.9. The van der Waals surface area contributed by atoms with Crippen molar-refractivity contribution in [1.82, 2.24) is 4.90 Å². The van der Waals surface area contributed by atoms with Crippen LogP contribution in [0.5, 0.6) is 0 Å². The first-order valence-electron chi connectivity index (χ1n) is 10.8. The molecule has 0 spiro atoms. The van der Waals surface area contributed by atoms with Gasteiger partial charge in [-0.25, -0.2) is 0 Å². The minimum absolute atomic E-state index is 0.250. The van der Waals surface area contributed by atoms with Gasteiger partial charge in [0.2, 0.25) is 0 Å². The average Bonchev–Trinajstić information content (AvgIpc) is 3.46. The molecule has 4 heteroatoms. The van der Waals surface area contributed by atoms with Crippen LogP contribution in [0, 0.1) is 5.92 Å². The zero-order valence-electron chi connectivity index (χ0n) is 17.1. The maximum Gasteiger partial charge on any atom is 0.290 e. The van der Waals surface area contributed by atoms with Crippen molar-refractivity contribution in [3.63, 3.8) is 0 Å². The first-order chi connectivity index (χ1) is 14.1. The molecule has 2 aromatic rings. The van der Waals surface area contributed by atoms with Crippen molar-refractivity contribution >= 4 is 18.1 Å². The Morgan fingerprint density at radius 2 is 1.72 bits per heavy atom. The average molecular weight is 412 g/mol. The Hall–Kier alpha value is -1.84. The van der Waals surface area contributed by atoms with E-state index in [0.29, 0.717) is 12.0 Å². The summed E-state index contributed by atoms with van der Waals surface area (Å²) in [5.74, 6) is 1.56. The van der Waals surface area contributed by atoms with Crippen molar-refractivity contribution < 1.29 is 9.90 Å². The Balaban J connectivity index is 0.000000645. The van der Waals surface area contributed by atoms with Gasteiger partial charge in [-0.2, -0.15) is 0 Å². The quantitative estimate of drug-likeness (QED) is 0.602. The van der Waals surface area contributed by atoms with Crippen LogP contribution in [0.1, 0.15) is 67.7 Å². The molecule has 0 radical (unpaired) electrons. The fourth-order valence-electron chi connectivity index (χ4n) is 5.09. The van der Waals surface area contributed by atoms with Crippen LogP contribution in [0.2, 0.25) is 5.02 Å². The Morgan fingerprint density at radius 1 is 1.03 bits per heavy atom. The van der Waals surface area contributed by atoms with E-state index in [1.807, 2.05) is 0 Å². The van der Waals surface area contributed by atoms with Gasteiger partial charge >= 0.3 is 0 Å². The summed E-state index contributed by atoms with van der Waals surface area (Å²) in [5, 5.41) is 7.84. The smallest absolute Gasteiger partial charge is 0.290 e. The monoisotopic (exact) mass is 411 g/mol. The van der Waals surface area contributed by atoms with E-state index in [9.17, 15) is 0 Å². The molecule has 1 saturated heterocycles. The van der Waals surface area contributed by atoms with Gasteiger partial charge < -0.3 is 5.11 Å². The molecule has 3 aliphatic rings. The number of halogens is 1. The van der Waals surface area contributed by atoms with E-state index in [1.165, 1.54) is 68.3 Å². The molecule has 2 fully saturated rings. The molecule has 1 heterocycles. The highest BCUT2D eigenvalue weighted by molar-refractivity contribution is 6.31. The van der Waals surface area contributed by atoms with Gasteiger partial charge in [0.05, 0.1) is 0 Å². The Morgan fingerprint density at radius 3 is 2.38 bits per heavy atom. The number of likely N-dealkylation sites (tertiary alicyclic amines) is 1. The first-order valence-corrected chi connectivity index (χ1v) is 11.2. The van der Waals surface area contributed by atoms with E-state index < -0.39 is 0 Å². The van der Waals surface area contributed by atoms with Crippen LogP contribution in [0.25, 0.3) is 11.1 Å². The lowest BCUT2D eigenvalue weighted by atomic mass is 9.95. The lowest BCUT2D eigenvalue weighted by Gasteiger charge is -2.36. The van der Waals surface area contributed by atoms with E-state index in [0.717, 1.165) is 10.9 Å². The van der Waals surface area contributed by atoms with E-state index >= 15 is 0 Å². The second-order valence-electron chi connectivity index (χ2n) is 8.83. The molecule has 5 rings (SSSR count). The van der Waals surface area contributed by atoms with Gasteiger partial charge in [-0.3, -0.25) is 9.69 Å². The Bertz CT molecular complexity index is 877. The molecule has 0 amide bonds. The van der Waals surface area contributed by atoms with Crippen LogP contribution in [0.15, 0.2) is 36.4 Å². The van der Waals surface area contributed by atoms with Gasteiger partial charge in [0.1, 0.15) is 0 Å².